The minimum absolute atomic E-state index is 0.0401. The van der Waals surface area contributed by atoms with Crippen LogP contribution in [0.1, 0.15) is 59.7 Å². The van der Waals surface area contributed by atoms with Gasteiger partial charge in [-0.3, -0.25) is 14.6 Å². The van der Waals surface area contributed by atoms with E-state index in [2.05, 4.69) is 15.3 Å². The summed E-state index contributed by atoms with van der Waals surface area (Å²) in [6.45, 7) is 4.96. The third kappa shape index (κ3) is 7.30. The predicted molar refractivity (Wildman–Crippen MR) is 110 cm³/mol. The van der Waals surface area contributed by atoms with Crippen LogP contribution in [0.5, 0.6) is 5.88 Å². The number of halogens is 3. The number of aryl methyl sites for hydroxylation is 1. The number of amides is 1. The number of nitrogens with one attached hydrogen (secondary N) is 1. The summed E-state index contributed by atoms with van der Waals surface area (Å²) in [5, 5.41) is 12.2. The second kappa shape index (κ2) is 10.5. The fourth-order valence-corrected chi connectivity index (χ4v) is 2.82. The van der Waals surface area contributed by atoms with Crippen LogP contribution in [0.25, 0.3) is 0 Å². The molecule has 174 valence electrons. The molecule has 0 aliphatic rings. The van der Waals surface area contributed by atoms with Crippen LogP contribution < -0.4 is 10.1 Å². The zero-order valence-corrected chi connectivity index (χ0v) is 18.3. The smallest absolute Gasteiger partial charge is 0.422 e. The highest BCUT2D eigenvalue weighted by Gasteiger charge is 2.29. The van der Waals surface area contributed by atoms with Gasteiger partial charge in [0.1, 0.15) is 5.78 Å². The zero-order valence-electron chi connectivity index (χ0n) is 18.3. The molecule has 1 unspecified atom stereocenters. The lowest BCUT2D eigenvalue weighted by Crippen LogP contribution is -2.27. The molecule has 0 saturated carbocycles. The number of nitrogens with zero attached hydrogens (tertiary/aromatic N) is 2. The summed E-state index contributed by atoms with van der Waals surface area (Å²) in [7, 11) is 0. The largest absolute Gasteiger partial charge is 0.468 e. The standard InChI is InChI=1S/C22H26F3N3O4/c1-12(2)19(30)8-17-6-15(7-18(10-29)28-17)20(31)27-14(4)16-5-13(3)21(26-9-16)32-11-22(23,24)25/h5-7,9,12,14,29H,8,10-11H2,1-4H3,(H,27,31). The molecule has 2 heterocycles. The number of rotatable bonds is 9. The van der Waals surface area contributed by atoms with Gasteiger partial charge in [-0.2, -0.15) is 13.2 Å². The molecule has 2 aromatic rings. The Kier molecular flexibility index (Phi) is 8.31. The zero-order chi connectivity index (χ0) is 24.1. The highest BCUT2D eigenvalue weighted by molar-refractivity contribution is 5.95. The first-order valence-electron chi connectivity index (χ1n) is 10.00. The molecule has 0 radical (unpaired) electrons. The van der Waals surface area contributed by atoms with Crippen LogP contribution in [0.2, 0.25) is 0 Å². The highest BCUT2D eigenvalue weighted by Crippen LogP contribution is 2.23. The van der Waals surface area contributed by atoms with Gasteiger partial charge in [-0.25, -0.2) is 4.98 Å². The summed E-state index contributed by atoms with van der Waals surface area (Å²) >= 11 is 0. The maximum Gasteiger partial charge on any atom is 0.422 e. The summed E-state index contributed by atoms with van der Waals surface area (Å²) in [4.78, 5) is 32.9. The van der Waals surface area contributed by atoms with Crippen LogP contribution >= 0.6 is 0 Å². The Labute approximate surface area is 184 Å². The molecule has 0 aliphatic carbocycles. The van der Waals surface area contributed by atoms with Gasteiger partial charge < -0.3 is 15.2 Å². The summed E-state index contributed by atoms with van der Waals surface area (Å²) < 4.78 is 41.7. The van der Waals surface area contributed by atoms with E-state index in [1.165, 1.54) is 18.3 Å². The Morgan fingerprint density at radius 1 is 1.16 bits per heavy atom. The van der Waals surface area contributed by atoms with Crippen LogP contribution in [0.3, 0.4) is 0 Å². The van der Waals surface area contributed by atoms with Gasteiger partial charge >= 0.3 is 6.18 Å². The van der Waals surface area contributed by atoms with Gasteiger partial charge in [-0.15, -0.1) is 0 Å². The number of carbonyl (C=O) groups excluding carboxylic acids is 2. The Bertz CT molecular complexity index is 977. The quantitative estimate of drug-likeness (QED) is 0.603. The average molecular weight is 453 g/mol. The lowest BCUT2D eigenvalue weighted by Gasteiger charge is -2.17. The van der Waals surface area contributed by atoms with Crippen molar-refractivity contribution in [2.24, 2.45) is 5.92 Å². The molecule has 1 amide bonds. The van der Waals surface area contributed by atoms with E-state index in [-0.39, 0.29) is 41.9 Å². The van der Waals surface area contributed by atoms with Gasteiger partial charge in [-0.1, -0.05) is 13.8 Å². The van der Waals surface area contributed by atoms with Crippen LogP contribution in [-0.4, -0.2) is 39.5 Å². The van der Waals surface area contributed by atoms with Gasteiger partial charge in [0.25, 0.3) is 5.91 Å². The second-order valence-electron chi connectivity index (χ2n) is 7.78. The predicted octanol–water partition coefficient (Wildman–Crippen LogP) is 3.48. The summed E-state index contributed by atoms with van der Waals surface area (Å²) in [5.74, 6) is -0.818. The maximum atomic E-state index is 12.8. The van der Waals surface area contributed by atoms with E-state index < -0.39 is 24.7 Å². The first-order chi connectivity index (χ1) is 14.9. The van der Waals surface area contributed by atoms with E-state index in [0.29, 0.717) is 16.8 Å². The molecule has 0 spiro atoms. The van der Waals surface area contributed by atoms with Crippen LogP contribution in [0.4, 0.5) is 13.2 Å². The van der Waals surface area contributed by atoms with Crippen molar-refractivity contribution in [2.75, 3.05) is 6.61 Å². The van der Waals surface area contributed by atoms with Crippen molar-refractivity contribution in [3.05, 3.63) is 52.5 Å². The van der Waals surface area contributed by atoms with Crippen LogP contribution in [0.15, 0.2) is 24.4 Å². The third-order valence-electron chi connectivity index (χ3n) is 4.63. The molecule has 1 atom stereocenters. The summed E-state index contributed by atoms with van der Waals surface area (Å²) in [6, 6.07) is 4.00. The Balaban J connectivity index is 2.14. The number of hydrogen-bond donors (Lipinski definition) is 2. The number of hydrogen-bond acceptors (Lipinski definition) is 6. The van der Waals surface area contributed by atoms with Crippen LogP contribution in [-0.2, 0) is 17.8 Å². The van der Waals surface area contributed by atoms with E-state index in [9.17, 15) is 27.9 Å². The van der Waals surface area contributed by atoms with Crippen molar-refractivity contribution >= 4 is 11.7 Å². The number of pyridine rings is 2. The molecule has 2 N–H and O–H groups in total. The van der Waals surface area contributed by atoms with Crippen molar-refractivity contribution in [1.82, 2.24) is 15.3 Å². The SMILES string of the molecule is Cc1cc(C(C)NC(=O)c2cc(CO)nc(CC(=O)C(C)C)c2)cnc1OCC(F)(F)F. The van der Waals surface area contributed by atoms with E-state index in [1.807, 2.05) is 0 Å². The topological polar surface area (TPSA) is 101 Å². The van der Waals surface area contributed by atoms with E-state index in [1.54, 1.807) is 33.8 Å². The summed E-state index contributed by atoms with van der Waals surface area (Å²) in [5.41, 5.74) is 1.85. The molecule has 2 rings (SSSR count). The van der Waals surface area contributed by atoms with Crippen LogP contribution in [0, 0.1) is 12.8 Å². The monoisotopic (exact) mass is 453 g/mol. The fraction of sp³-hybridized carbons (Fsp3) is 0.455. The molecule has 7 nitrogen and oxygen atoms in total. The third-order valence-corrected chi connectivity index (χ3v) is 4.63. The Morgan fingerprint density at radius 2 is 1.81 bits per heavy atom. The second-order valence-corrected chi connectivity index (χ2v) is 7.78. The molecular formula is C22H26F3N3O4. The highest BCUT2D eigenvalue weighted by atomic mass is 19.4. The van der Waals surface area contributed by atoms with Gasteiger partial charge in [0.2, 0.25) is 5.88 Å². The maximum absolute atomic E-state index is 12.8. The molecule has 10 heteroatoms. The number of aromatic nitrogens is 2. The van der Waals surface area contributed by atoms with Crippen molar-refractivity contribution in [3.63, 3.8) is 0 Å². The minimum atomic E-state index is -4.47. The minimum Gasteiger partial charge on any atom is -0.468 e. The molecule has 0 aliphatic heterocycles. The number of aliphatic hydroxyl groups is 1. The van der Waals surface area contributed by atoms with Gasteiger partial charge in [-0.05, 0) is 37.6 Å². The number of Topliss-reactive ketones (excluding diaryl/α,β-unsaturated/α-hetero) is 1. The van der Waals surface area contributed by atoms with E-state index in [4.69, 9.17) is 4.74 Å². The lowest BCUT2D eigenvalue weighted by atomic mass is 10.0. The van der Waals surface area contributed by atoms with Crippen molar-refractivity contribution in [2.45, 2.75) is 52.9 Å². The summed E-state index contributed by atoms with van der Waals surface area (Å²) in [6.07, 6.45) is -3.09. The molecule has 2 aromatic heterocycles. The number of ether oxygens (including phenoxy) is 1. The van der Waals surface area contributed by atoms with Crippen molar-refractivity contribution < 1.29 is 32.6 Å². The van der Waals surface area contributed by atoms with Crippen molar-refractivity contribution in [1.29, 1.82) is 0 Å². The lowest BCUT2D eigenvalue weighted by molar-refractivity contribution is -0.154. The molecule has 0 aromatic carbocycles. The number of carbonyl (C=O) groups is 2. The fourth-order valence-electron chi connectivity index (χ4n) is 2.82. The first-order valence-corrected chi connectivity index (χ1v) is 10.00. The number of alkyl halides is 3. The molecule has 32 heavy (non-hydrogen) atoms. The van der Waals surface area contributed by atoms with E-state index >= 15 is 0 Å². The Hall–Kier alpha value is -3.01. The van der Waals surface area contributed by atoms with E-state index in [0.717, 1.165) is 0 Å². The van der Waals surface area contributed by atoms with Gasteiger partial charge in [0.15, 0.2) is 6.61 Å². The average Bonchev–Trinajstić information content (AvgIpc) is 2.71. The van der Waals surface area contributed by atoms with Gasteiger partial charge in [0, 0.05) is 35.4 Å². The molecule has 0 saturated heterocycles. The molecule has 0 fully saturated rings. The normalized spacial score (nSPS) is 12.5. The van der Waals surface area contributed by atoms with Gasteiger partial charge in [0.05, 0.1) is 18.3 Å². The number of aliphatic hydroxyl groups excluding tert-OH is 1. The van der Waals surface area contributed by atoms with Crippen molar-refractivity contribution in [3.8, 4) is 5.88 Å². The molecule has 0 bridgehead atoms. The Morgan fingerprint density at radius 3 is 2.38 bits per heavy atom. The first kappa shape index (κ1) is 25.3. The number of ketones is 1. The molecular weight excluding hydrogens is 427 g/mol.